The lowest BCUT2D eigenvalue weighted by Crippen LogP contribution is -2.37. The van der Waals surface area contributed by atoms with Gasteiger partial charge in [-0.25, -0.2) is 4.79 Å². The lowest BCUT2D eigenvalue weighted by atomic mass is 9.98. The molecule has 4 N–H and O–H groups in total. The van der Waals surface area contributed by atoms with E-state index in [1.165, 1.54) is 0 Å². The molecule has 3 aromatic rings. The Balaban J connectivity index is 1.71. The van der Waals surface area contributed by atoms with Gasteiger partial charge in [-0.05, 0) is 37.1 Å². The average molecular weight is 365 g/mol. The van der Waals surface area contributed by atoms with E-state index in [4.69, 9.17) is 10.2 Å². The molecule has 0 radical (unpaired) electrons. The number of benzene rings is 2. The van der Waals surface area contributed by atoms with Crippen molar-refractivity contribution in [1.82, 2.24) is 10.6 Å². The van der Waals surface area contributed by atoms with E-state index >= 15 is 0 Å². The summed E-state index contributed by atoms with van der Waals surface area (Å²) in [5, 5.41) is 6.57. The summed E-state index contributed by atoms with van der Waals surface area (Å²) in [6.07, 6.45) is 0.0817. The van der Waals surface area contributed by atoms with Gasteiger partial charge in [-0.1, -0.05) is 42.5 Å². The second kappa shape index (κ2) is 7.95. The van der Waals surface area contributed by atoms with Crippen molar-refractivity contribution in [2.45, 2.75) is 32.4 Å². The van der Waals surface area contributed by atoms with Gasteiger partial charge in [0.1, 0.15) is 11.3 Å². The molecule has 0 fully saturated rings. The van der Waals surface area contributed by atoms with Gasteiger partial charge in [-0.2, -0.15) is 0 Å². The molecule has 3 amide bonds. The molecule has 0 saturated heterocycles. The molecule has 0 bridgehead atoms. The average Bonchev–Trinajstić information content (AvgIpc) is 3.05. The van der Waals surface area contributed by atoms with Gasteiger partial charge in [0.2, 0.25) is 5.91 Å². The Hall–Kier alpha value is -3.28. The minimum atomic E-state index is -0.665. The maximum Gasteiger partial charge on any atom is 0.312 e. The molecule has 2 unspecified atom stereocenters. The van der Waals surface area contributed by atoms with E-state index in [1.807, 2.05) is 68.4 Å². The first-order valence-electron chi connectivity index (χ1n) is 8.83. The topological polar surface area (TPSA) is 97.4 Å². The number of furan rings is 1. The van der Waals surface area contributed by atoms with Crippen LogP contribution >= 0.6 is 0 Å². The van der Waals surface area contributed by atoms with Crippen molar-refractivity contribution >= 4 is 22.9 Å². The molecule has 0 saturated carbocycles. The summed E-state index contributed by atoms with van der Waals surface area (Å²) >= 11 is 0. The third-order valence-electron chi connectivity index (χ3n) is 4.52. The van der Waals surface area contributed by atoms with E-state index in [9.17, 15) is 9.59 Å². The maximum absolute atomic E-state index is 12.6. The molecule has 2 aromatic carbocycles. The van der Waals surface area contributed by atoms with Crippen LogP contribution in [-0.2, 0) is 4.79 Å². The zero-order valence-electron chi connectivity index (χ0n) is 15.4. The first-order chi connectivity index (χ1) is 12.9. The van der Waals surface area contributed by atoms with Gasteiger partial charge in [0, 0.05) is 5.39 Å². The Morgan fingerprint density at radius 2 is 1.78 bits per heavy atom. The normalized spacial score (nSPS) is 13.1. The van der Waals surface area contributed by atoms with Gasteiger partial charge in [0.15, 0.2) is 0 Å². The molecule has 0 aliphatic heterocycles. The number of para-hydroxylation sites is 1. The van der Waals surface area contributed by atoms with Crippen LogP contribution in [0.5, 0.6) is 0 Å². The number of carbonyl (C=O) groups is 2. The standard InChI is InChI=1S/C21H23N3O3/c1-13-7-3-5-9-16(13)17(24-21(22)26)12-20(25)23-14(2)19-11-15-8-4-6-10-18(15)27-19/h3-11,14,17H,12H2,1-2H3,(H,23,25)(H3,22,24,26). The van der Waals surface area contributed by atoms with Crippen molar-refractivity contribution in [2.24, 2.45) is 5.73 Å². The monoisotopic (exact) mass is 365 g/mol. The van der Waals surface area contributed by atoms with Crippen LogP contribution < -0.4 is 16.4 Å². The fourth-order valence-corrected chi connectivity index (χ4v) is 3.16. The molecule has 0 aliphatic rings. The smallest absolute Gasteiger partial charge is 0.312 e. The van der Waals surface area contributed by atoms with E-state index in [1.54, 1.807) is 0 Å². The SMILES string of the molecule is Cc1ccccc1C(CC(=O)NC(C)c1cc2ccccc2o1)NC(N)=O. The van der Waals surface area contributed by atoms with Crippen molar-refractivity contribution in [3.8, 4) is 0 Å². The molecule has 6 nitrogen and oxygen atoms in total. The number of hydrogen-bond acceptors (Lipinski definition) is 3. The summed E-state index contributed by atoms with van der Waals surface area (Å²) in [7, 11) is 0. The quantitative estimate of drug-likeness (QED) is 0.621. The third-order valence-corrected chi connectivity index (χ3v) is 4.52. The Morgan fingerprint density at radius 1 is 1.07 bits per heavy atom. The van der Waals surface area contributed by atoms with Gasteiger partial charge in [-0.15, -0.1) is 0 Å². The fraction of sp³-hybridized carbons (Fsp3) is 0.238. The minimum absolute atomic E-state index is 0.0817. The number of nitrogens with two attached hydrogens (primary N) is 1. The molecule has 1 aromatic heterocycles. The number of rotatable bonds is 6. The highest BCUT2D eigenvalue weighted by Gasteiger charge is 2.21. The zero-order valence-corrected chi connectivity index (χ0v) is 15.4. The number of carbonyl (C=O) groups excluding carboxylic acids is 2. The summed E-state index contributed by atoms with van der Waals surface area (Å²) in [6.45, 7) is 3.79. The van der Waals surface area contributed by atoms with Gasteiger partial charge in [-0.3, -0.25) is 4.79 Å². The highest BCUT2D eigenvalue weighted by Crippen LogP contribution is 2.25. The Kier molecular flexibility index (Phi) is 5.45. The van der Waals surface area contributed by atoms with Crippen LogP contribution in [-0.4, -0.2) is 11.9 Å². The molecule has 3 rings (SSSR count). The molecular formula is C21H23N3O3. The van der Waals surface area contributed by atoms with Crippen molar-refractivity contribution in [2.75, 3.05) is 0 Å². The molecule has 0 aliphatic carbocycles. The molecule has 2 atom stereocenters. The second-order valence-electron chi connectivity index (χ2n) is 6.60. The number of amides is 3. The molecule has 27 heavy (non-hydrogen) atoms. The number of primary amides is 1. The number of urea groups is 1. The summed E-state index contributed by atoms with van der Waals surface area (Å²) in [4.78, 5) is 24.0. The lowest BCUT2D eigenvalue weighted by molar-refractivity contribution is -0.122. The van der Waals surface area contributed by atoms with Crippen LogP contribution in [0.15, 0.2) is 59.0 Å². The highest BCUT2D eigenvalue weighted by molar-refractivity contribution is 5.80. The number of aryl methyl sites for hydroxylation is 1. The summed E-state index contributed by atoms with van der Waals surface area (Å²) < 4.78 is 5.80. The van der Waals surface area contributed by atoms with E-state index in [0.29, 0.717) is 5.76 Å². The Morgan fingerprint density at radius 3 is 2.48 bits per heavy atom. The van der Waals surface area contributed by atoms with Crippen LogP contribution in [0.3, 0.4) is 0 Å². The first-order valence-corrected chi connectivity index (χ1v) is 8.83. The Bertz CT molecular complexity index is 931. The van der Waals surface area contributed by atoms with Crippen LogP contribution in [0, 0.1) is 6.92 Å². The van der Waals surface area contributed by atoms with Crippen LogP contribution in [0.25, 0.3) is 11.0 Å². The fourth-order valence-electron chi connectivity index (χ4n) is 3.16. The van der Waals surface area contributed by atoms with Crippen molar-refractivity contribution in [3.63, 3.8) is 0 Å². The lowest BCUT2D eigenvalue weighted by Gasteiger charge is -2.20. The largest absolute Gasteiger partial charge is 0.459 e. The van der Waals surface area contributed by atoms with Gasteiger partial charge >= 0.3 is 6.03 Å². The molecule has 1 heterocycles. The predicted octanol–water partition coefficient (Wildman–Crippen LogP) is 3.72. The highest BCUT2D eigenvalue weighted by atomic mass is 16.3. The first kappa shape index (κ1) is 18.5. The van der Waals surface area contributed by atoms with Crippen molar-refractivity contribution in [3.05, 3.63) is 71.5 Å². The predicted molar refractivity (Wildman–Crippen MR) is 104 cm³/mol. The van der Waals surface area contributed by atoms with E-state index < -0.39 is 12.1 Å². The number of fused-ring (bicyclic) bond motifs is 1. The van der Waals surface area contributed by atoms with Gasteiger partial charge in [0.05, 0.1) is 18.5 Å². The summed E-state index contributed by atoms with van der Waals surface area (Å²) in [6, 6.07) is 15.7. The molecular weight excluding hydrogens is 342 g/mol. The van der Waals surface area contributed by atoms with Crippen molar-refractivity contribution < 1.29 is 14.0 Å². The van der Waals surface area contributed by atoms with E-state index in [0.717, 1.165) is 22.1 Å². The minimum Gasteiger partial charge on any atom is -0.459 e. The molecule has 140 valence electrons. The number of nitrogens with one attached hydrogen (secondary N) is 2. The van der Waals surface area contributed by atoms with E-state index in [2.05, 4.69) is 10.6 Å². The third kappa shape index (κ3) is 4.47. The second-order valence-corrected chi connectivity index (χ2v) is 6.60. The van der Waals surface area contributed by atoms with E-state index in [-0.39, 0.29) is 18.4 Å². The van der Waals surface area contributed by atoms with Crippen molar-refractivity contribution in [1.29, 1.82) is 0 Å². The van der Waals surface area contributed by atoms with Gasteiger partial charge < -0.3 is 20.8 Å². The molecule has 0 spiro atoms. The summed E-state index contributed by atoms with van der Waals surface area (Å²) in [5.41, 5.74) is 7.92. The van der Waals surface area contributed by atoms with Crippen LogP contribution in [0.2, 0.25) is 0 Å². The summed E-state index contributed by atoms with van der Waals surface area (Å²) in [5.74, 6) is 0.477. The van der Waals surface area contributed by atoms with Gasteiger partial charge in [0.25, 0.3) is 0 Å². The molecule has 6 heteroatoms. The Labute approximate surface area is 157 Å². The van der Waals surface area contributed by atoms with Crippen LogP contribution in [0.4, 0.5) is 4.79 Å². The zero-order chi connectivity index (χ0) is 19.4. The maximum atomic E-state index is 12.6. The van der Waals surface area contributed by atoms with Crippen LogP contribution in [0.1, 0.15) is 42.3 Å². The number of hydrogen-bond donors (Lipinski definition) is 3.